The normalized spacial score (nSPS) is 24.7. The molecule has 1 amide bonds. The first-order valence-electron chi connectivity index (χ1n) is 7.93. The minimum atomic E-state index is -0.267. The van der Waals surface area contributed by atoms with Crippen molar-refractivity contribution in [3.63, 3.8) is 0 Å². The lowest BCUT2D eigenvalue weighted by Gasteiger charge is -2.28. The average molecular weight is 301 g/mol. The molecule has 2 aliphatic heterocycles. The van der Waals surface area contributed by atoms with Crippen molar-refractivity contribution < 1.29 is 9.18 Å². The predicted octanol–water partition coefficient (Wildman–Crippen LogP) is 2.28. The van der Waals surface area contributed by atoms with Gasteiger partial charge in [-0.25, -0.2) is 4.39 Å². The van der Waals surface area contributed by atoms with Crippen LogP contribution in [0, 0.1) is 5.82 Å². The van der Waals surface area contributed by atoms with Gasteiger partial charge >= 0.3 is 0 Å². The zero-order chi connectivity index (χ0) is 15.3. The van der Waals surface area contributed by atoms with E-state index in [2.05, 4.69) is 10.2 Å². The smallest absolute Gasteiger partial charge is 0.271 e. The van der Waals surface area contributed by atoms with Crippen LogP contribution in [0.4, 0.5) is 4.39 Å². The highest BCUT2D eigenvalue weighted by Gasteiger charge is 2.39. The average Bonchev–Trinajstić information content (AvgIpc) is 2.94. The number of nitrogens with zero attached hydrogens (tertiary/aromatic N) is 2. The van der Waals surface area contributed by atoms with Gasteiger partial charge in [0.05, 0.1) is 0 Å². The molecule has 1 aromatic heterocycles. The first-order chi connectivity index (χ1) is 10.6. The summed E-state index contributed by atoms with van der Waals surface area (Å²) in [5, 5.41) is 4.20. The van der Waals surface area contributed by atoms with Gasteiger partial charge in [-0.2, -0.15) is 0 Å². The van der Waals surface area contributed by atoms with Crippen LogP contribution in [0.25, 0.3) is 10.9 Å². The number of amides is 1. The van der Waals surface area contributed by atoms with Gasteiger partial charge in [0.15, 0.2) is 0 Å². The van der Waals surface area contributed by atoms with Gasteiger partial charge in [-0.1, -0.05) is 0 Å². The zero-order valence-electron chi connectivity index (χ0n) is 12.7. The summed E-state index contributed by atoms with van der Waals surface area (Å²) in [7, 11) is 1.88. The minimum Gasteiger partial charge on any atom is -0.340 e. The number of benzene rings is 1. The van der Waals surface area contributed by atoms with E-state index in [1.165, 1.54) is 12.1 Å². The topological polar surface area (TPSA) is 37.3 Å². The van der Waals surface area contributed by atoms with Gasteiger partial charge in [-0.15, -0.1) is 0 Å². The molecule has 2 atom stereocenters. The predicted molar refractivity (Wildman–Crippen MR) is 83.3 cm³/mol. The van der Waals surface area contributed by atoms with Crippen LogP contribution in [0.2, 0.25) is 0 Å². The van der Waals surface area contributed by atoms with Crippen molar-refractivity contribution in [3.05, 3.63) is 35.8 Å². The molecule has 2 aliphatic rings. The Morgan fingerprint density at radius 1 is 1.23 bits per heavy atom. The maximum absolute atomic E-state index is 13.4. The van der Waals surface area contributed by atoms with Crippen molar-refractivity contribution in [1.82, 2.24) is 14.8 Å². The highest BCUT2D eigenvalue weighted by Crippen LogP contribution is 2.31. The summed E-state index contributed by atoms with van der Waals surface area (Å²) in [6, 6.07) is 7.11. The second-order valence-corrected chi connectivity index (χ2v) is 6.38. The number of hydrogen-bond acceptors (Lipinski definition) is 2. The molecule has 0 spiro atoms. The van der Waals surface area contributed by atoms with Crippen LogP contribution in [0.3, 0.4) is 0 Å². The lowest BCUT2D eigenvalue weighted by atomic mass is 10.1. The summed E-state index contributed by atoms with van der Waals surface area (Å²) in [6.07, 6.45) is 3.18. The number of rotatable bonds is 1. The number of hydrogen-bond donors (Lipinski definition) is 1. The Balaban J connectivity index is 1.75. The molecule has 5 heteroatoms. The second-order valence-electron chi connectivity index (χ2n) is 6.38. The third-order valence-corrected chi connectivity index (χ3v) is 5.11. The van der Waals surface area contributed by atoms with Crippen molar-refractivity contribution in [2.45, 2.75) is 31.3 Å². The van der Waals surface area contributed by atoms with E-state index in [0.29, 0.717) is 11.7 Å². The molecule has 2 fully saturated rings. The SMILES string of the molecule is Cn1c(C(=O)N2[C@@H]3CCNC[C@H]2CC3)cc2cc(F)ccc21. The van der Waals surface area contributed by atoms with Crippen LogP contribution < -0.4 is 5.32 Å². The molecule has 1 aromatic carbocycles. The van der Waals surface area contributed by atoms with Crippen LogP contribution in [0.5, 0.6) is 0 Å². The van der Waals surface area contributed by atoms with Gasteiger partial charge in [-0.05, 0) is 50.1 Å². The zero-order valence-corrected chi connectivity index (χ0v) is 12.7. The van der Waals surface area contributed by atoms with E-state index < -0.39 is 0 Å². The van der Waals surface area contributed by atoms with Crippen LogP contribution in [-0.4, -0.2) is 40.5 Å². The first-order valence-corrected chi connectivity index (χ1v) is 7.93. The van der Waals surface area contributed by atoms with Crippen LogP contribution in [0.1, 0.15) is 29.8 Å². The van der Waals surface area contributed by atoms with Crippen LogP contribution in [-0.2, 0) is 7.05 Å². The molecule has 2 saturated heterocycles. The maximum Gasteiger partial charge on any atom is 0.271 e. The molecule has 116 valence electrons. The first kappa shape index (κ1) is 13.8. The molecular formula is C17H20FN3O. The third-order valence-electron chi connectivity index (χ3n) is 5.11. The fourth-order valence-corrected chi connectivity index (χ4v) is 3.97. The van der Waals surface area contributed by atoms with E-state index in [1.807, 2.05) is 17.7 Å². The van der Waals surface area contributed by atoms with E-state index in [9.17, 15) is 9.18 Å². The maximum atomic E-state index is 13.4. The van der Waals surface area contributed by atoms with E-state index in [4.69, 9.17) is 0 Å². The number of halogens is 1. The van der Waals surface area contributed by atoms with Gasteiger partial charge in [0.25, 0.3) is 5.91 Å². The Labute approximate surface area is 128 Å². The summed E-state index contributed by atoms with van der Waals surface area (Å²) in [4.78, 5) is 15.1. The van der Waals surface area contributed by atoms with Crippen molar-refractivity contribution in [2.24, 2.45) is 7.05 Å². The standard InChI is InChI=1S/C17H20FN3O/c1-20-15-5-2-12(18)8-11(15)9-16(20)17(22)21-13-3-4-14(21)10-19-7-6-13/h2,5,8-9,13-14,19H,3-4,6-7,10H2,1H3/t13-,14+/m0/s1. The van der Waals surface area contributed by atoms with Gasteiger partial charge in [0, 0.05) is 36.6 Å². The Morgan fingerprint density at radius 3 is 2.91 bits per heavy atom. The van der Waals surface area contributed by atoms with Crippen molar-refractivity contribution >= 4 is 16.8 Å². The molecule has 22 heavy (non-hydrogen) atoms. The second kappa shape index (κ2) is 5.09. The number of aromatic nitrogens is 1. The van der Waals surface area contributed by atoms with Crippen molar-refractivity contribution in [1.29, 1.82) is 0 Å². The molecule has 0 aliphatic carbocycles. The molecule has 3 heterocycles. The van der Waals surface area contributed by atoms with Gasteiger partial charge in [0.2, 0.25) is 0 Å². The fraction of sp³-hybridized carbons (Fsp3) is 0.471. The number of aryl methyl sites for hydroxylation is 1. The molecular weight excluding hydrogens is 281 g/mol. The Bertz CT molecular complexity index is 725. The molecule has 4 nitrogen and oxygen atoms in total. The molecule has 2 aromatic rings. The highest BCUT2D eigenvalue weighted by molar-refractivity contribution is 5.99. The molecule has 0 radical (unpaired) electrons. The molecule has 4 rings (SSSR count). The summed E-state index contributed by atoms with van der Waals surface area (Å²) >= 11 is 0. The summed E-state index contributed by atoms with van der Waals surface area (Å²) in [5.74, 6) is -0.188. The Hall–Kier alpha value is -1.88. The molecule has 1 N–H and O–H groups in total. The van der Waals surface area contributed by atoms with E-state index in [0.717, 1.165) is 43.3 Å². The van der Waals surface area contributed by atoms with Crippen LogP contribution in [0.15, 0.2) is 24.3 Å². The van der Waals surface area contributed by atoms with Crippen LogP contribution >= 0.6 is 0 Å². The highest BCUT2D eigenvalue weighted by atomic mass is 19.1. The van der Waals surface area contributed by atoms with E-state index >= 15 is 0 Å². The van der Waals surface area contributed by atoms with Crippen molar-refractivity contribution in [2.75, 3.05) is 13.1 Å². The van der Waals surface area contributed by atoms with Gasteiger partial charge < -0.3 is 14.8 Å². The monoisotopic (exact) mass is 301 g/mol. The molecule has 2 bridgehead atoms. The lowest BCUT2D eigenvalue weighted by molar-refractivity contribution is 0.0671. The number of nitrogens with one attached hydrogen (secondary N) is 1. The number of carbonyl (C=O) groups is 1. The van der Waals surface area contributed by atoms with E-state index in [1.54, 1.807) is 6.07 Å². The molecule has 0 saturated carbocycles. The minimum absolute atomic E-state index is 0.0790. The number of fused-ring (bicyclic) bond motifs is 3. The van der Waals surface area contributed by atoms with Gasteiger partial charge in [0.1, 0.15) is 11.5 Å². The van der Waals surface area contributed by atoms with Crippen molar-refractivity contribution in [3.8, 4) is 0 Å². The Morgan fingerprint density at radius 2 is 2.05 bits per heavy atom. The molecule has 0 unspecified atom stereocenters. The summed E-state index contributed by atoms with van der Waals surface area (Å²) < 4.78 is 15.3. The lowest BCUT2D eigenvalue weighted by Crippen LogP contribution is -2.43. The summed E-state index contributed by atoms with van der Waals surface area (Å²) in [6.45, 7) is 1.85. The van der Waals surface area contributed by atoms with E-state index in [-0.39, 0.29) is 17.8 Å². The summed E-state index contributed by atoms with van der Waals surface area (Å²) in [5.41, 5.74) is 1.55. The largest absolute Gasteiger partial charge is 0.340 e. The quantitative estimate of drug-likeness (QED) is 0.877. The number of carbonyl (C=O) groups excluding carboxylic acids is 1. The fourth-order valence-electron chi connectivity index (χ4n) is 3.97. The van der Waals surface area contributed by atoms with Gasteiger partial charge in [-0.3, -0.25) is 4.79 Å². The third kappa shape index (κ3) is 2.03. The Kier molecular flexibility index (Phi) is 3.18.